The van der Waals surface area contributed by atoms with E-state index in [1.807, 2.05) is 12.1 Å². The van der Waals surface area contributed by atoms with E-state index in [2.05, 4.69) is 6.07 Å². The number of hydrogen-bond donors (Lipinski definition) is 1. The van der Waals surface area contributed by atoms with E-state index in [1.165, 1.54) is 21.3 Å². The molecule has 1 aromatic heterocycles. The molecular weight excluding hydrogens is 490 g/mol. The summed E-state index contributed by atoms with van der Waals surface area (Å²) < 4.78 is 34.6. The van der Waals surface area contributed by atoms with Crippen molar-refractivity contribution < 1.29 is 28.4 Å². The number of nitriles is 1. The summed E-state index contributed by atoms with van der Waals surface area (Å²) in [6, 6.07) is 12.7. The molecule has 2 N–H and O–H groups in total. The average Bonchev–Trinajstić information content (AvgIpc) is 2.93. The highest BCUT2D eigenvalue weighted by Crippen LogP contribution is 2.46. The van der Waals surface area contributed by atoms with Gasteiger partial charge in [-0.15, -0.1) is 0 Å². The minimum Gasteiger partial charge on any atom is -0.493 e. The van der Waals surface area contributed by atoms with Gasteiger partial charge in [0.15, 0.2) is 23.0 Å². The topological polar surface area (TPSA) is 127 Å². The standard InChI is InChI=1S/C28H29N3O7/c1-15-9-21-25(28(32)31(15)14-16-7-8-19(33-2)20(10-16)34-3)24(18(13-29)27(30)38-21)17-11-22(35-4)26(37-6)23(12-17)36-5/h7-12,24H,14,30H2,1-6H3. The molecular formula is C28H29N3O7. The van der Waals surface area contributed by atoms with E-state index in [4.69, 9.17) is 34.2 Å². The Kier molecular flexibility index (Phi) is 7.39. The van der Waals surface area contributed by atoms with Gasteiger partial charge < -0.3 is 38.7 Å². The van der Waals surface area contributed by atoms with Crippen molar-refractivity contribution in [1.29, 1.82) is 5.26 Å². The second kappa shape index (κ2) is 10.7. The summed E-state index contributed by atoms with van der Waals surface area (Å²) in [5.74, 6) is 1.66. The van der Waals surface area contributed by atoms with Crippen LogP contribution in [0.1, 0.15) is 28.3 Å². The highest BCUT2D eigenvalue weighted by atomic mass is 16.5. The van der Waals surface area contributed by atoms with Crippen LogP contribution in [0.4, 0.5) is 0 Å². The van der Waals surface area contributed by atoms with E-state index in [1.54, 1.807) is 50.0 Å². The predicted molar refractivity (Wildman–Crippen MR) is 139 cm³/mol. The summed E-state index contributed by atoms with van der Waals surface area (Å²) in [7, 11) is 7.60. The van der Waals surface area contributed by atoms with Crippen LogP contribution in [0.25, 0.3) is 0 Å². The lowest BCUT2D eigenvalue weighted by Gasteiger charge is -2.28. The van der Waals surface area contributed by atoms with Gasteiger partial charge >= 0.3 is 0 Å². The minimum atomic E-state index is -0.831. The van der Waals surface area contributed by atoms with Gasteiger partial charge in [-0.05, 0) is 42.3 Å². The van der Waals surface area contributed by atoms with Crippen molar-refractivity contribution >= 4 is 0 Å². The fourth-order valence-corrected chi connectivity index (χ4v) is 4.65. The number of aryl methyl sites for hydroxylation is 1. The smallest absolute Gasteiger partial charge is 0.259 e. The molecule has 1 atom stereocenters. The average molecular weight is 520 g/mol. The van der Waals surface area contributed by atoms with Gasteiger partial charge in [0, 0.05) is 11.8 Å². The molecule has 3 aromatic rings. The van der Waals surface area contributed by atoms with Crippen LogP contribution in [0.15, 0.2) is 52.6 Å². The molecule has 10 nitrogen and oxygen atoms in total. The number of ether oxygens (including phenoxy) is 6. The van der Waals surface area contributed by atoms with Crippen LogP contribution < -0.4 is 39.7 Å². The Morgan fingerprint density at radius 1 is 0.921 bits per heavy atom. The van der Waals surface area contributed by atoms with Crippen LogP contribution in [0.3, 0.4) is 0 Å². The molecule has 1 aliphatic rings. The first kappa shape index (κ1) is 26.3. The second-order valence-corrected chi connectivity index (χ2v) is 8.53. The van der Waals surface area contributed by atoms with Crippen molar-refractivity contribution in [2.45, 2.75) is 19.4 Å². The molecule has 0 saturated carbocycles. The lowest BCUT2D eigenvalue weighted by molar-refractivity contribution is 0.323. The molecule has 2 heterocycles. The largest absolute Gasteiger partial charge is 0.493 e. The molecule has 198 valence electrons. The number of allylic oxidation sites excluding steroid dienone is 1. The third-order valence-corrected chi connectivity index (χ3v) is 6.50. The van der Waals surface area contributed by atoms with Crippen LogP contribution in [0, 0.1) is 18.3 Å². The fourth-order valence-electron chi connectivity index (χ4n) is 4.65. The molecule has 0 amide bonds. The lowest BCUT2D eigenvalue weighted by atomic mass is 9.83. The maximum Gasteiger partial charge on any atom is 0.259 e. The Labute approximate surface area is 220 Å². The zero-order valence-electron chi connectivity index (χ0n) is 22.1. The van der Waals surface area contributed by atoms with Gasteiger partial charge in [0.25, 0.3) is 5.56 Å². The van der Waals surface area contributed by atoms with Crippen molar-refractivity contribution in [3.8, 4) is 40.6 Å². The quantitative estimate of drug-likeness (QED) is 0.476. The van der Waals surface area contributed by atoms with E-state index in [-0.39, 0.29) is 34.9 Å². The van der Waals surface area contributed by atoms with E-state index >= 15 is 0 Å². The summed E-state index contributed by atoms with van der Waals surface area (Å²) in [6.07, 6.45) is 0. The van der Waals surface area contributed by atoms with Crippen LogP contribution in [-0.4, -0.2) is 40.1 Å². The Morgan fingerprint density at radius 3 is 2.11 bits per heavy atom. The first-order chi connectivity index (χ1) is 18.3. The van der Waals surface area contributed by atoms with E-state index in [9.17, 15) is 10.1 Å². The molecule has 0 aliphatic carbocycles. The second-order valence-electron chi connectivity index (χ2n) is 8.53. The highest BCUT2D eigenvalue weighted by Gasteiger charge is 2.35. The van der Waals surface area contributed by atoms with E-state index < -0.39 is 5.92 Å². The Bertz CT molecular complexity index is 1490. The number of methoxy groups -OCH3 is 5. The number of nitrogens with two attached hydrogens (primary N) is 1. The summed E-state index contributed by atoms with van der Waals surface area (Å²) in [4.78, 5) is 14.1. The van der Waals surface area contributed by atoms with Gasteiger partial charge in [-0.2, -0.15) is 5.26 Å². The van der Waals surface area contributed by atoms with Crippen molar-refractivity contribution in [2.75, 3.05) is 35.5 Å². The molecule has 4 rings (SSSR count). The maximum absolute atomic E-state index is 14.1. The molecule has 0 spiro atoms. The molecule has 1 aliphatic heterocycles. The summed E-state index contributed by atoms with van der Waals surface area (Å²) in [5.41, 5.74) is 8.25. The van der Waals surface area contributed by atoms with Gasteiger partial charge in [-0.25, -0.2) is 0 Å². The highest BCUT2D eigenvalue weighted by molar-refractivity contribution is 5.61. The number of aromatic nitrogens is 1. The first-order valence-corrected chi connectivity index (χ1v) is 11.6. The van der Waals surface area contributed by atoms with Gasteiger partial charge in [-0.3, -0.25) is 4.79 Å². The van der Waals surface area contributed by atoms with Crippen LogP contribution >= 0.6 is 0 Å². The first-order valence-electron chi connectivity index (χ1n) is 11.6. The van der Waals surface area contributed by atoms with E-state index in [0.29, 0.717) is 40.0 Å². The van der Waals surface area contributed by atoms with E-state index in [0.717, 1.165) is 5.56 Å². The zero-order valence-corrected chi connectivity index (χ0v) is 22.1. The molecule has 2 aromatic carbocycles. The lowest BCUT2D eigenvalue weighted by Crippen LogP contribution is -2.33. The Morgan fingerprint density at radius 2 is 1.55 bits per heavy atom. The number of hydrogen-bond acceptors (Lipinski definition) is 9. The number of nitrogens with zero attached hydrogens (tertiary/aromatic N) is 2. The number of pyridine rings is 1. The van der Waals surface area contributed by atoms with Crippen LogP contribution in [0.5, 0.6) is 34.5 Å². The number of benzene rings is 2. The van der Waals surface area contributed by atoms with Gasteiger partial charge in [0.2, 0.25) is 11.6 Å². The number of fused-ring (bicyclic) bond motifs is 1. The zero-order chi connectivity index (χ0) is 27.6. The van der Waals surface area contributed by atoms with Gasteiger partial charge in [0.05, 0.1) is 53.6 Å². The maximum atomic E-state index is 14.1. The van der Waals surface area contributed by atoms with Gasteiger partial charge in [-0.1, -0.05) is 6.07 Å². The molecule has 38 heavy (non-hydrogen) atoms. The monoisotopic (exact) mass is 519 g/mol. The van der Waals surface area contributed by atoms with Crippen molar-refractivity contribution in [2.24, 2.45) is 5.73 Å². The molecule has 1 unspecified atom stereocenters. The number of rotatable bonds is 8. The molecule has 10 heteroatoms. The van der Waals surface area contributed by atoms with Crippen LogP contribution in [0.2, 0.25) is 0 Å². The Hall–Kier alpha value is -4.78. The minimum absolute atomic E-state index is 0.0739. The predicted octanol–water partition coefficient (Wildman–Crippen LogP) is 3.47. The van der Waals surface area contributed by atoms with Crippen LogP contribution in [-0.2, 0) is 6.54 Å². The molecule has 0 bridgehead atoms. The Balaban J connectivity index is 1.93. The molecule has 0 fully saturated rings. The van der Waals surface area contributed by atoms with Gasteiger partial charge in [0.1, 0.15) is 17.4 Å². The third-order valence-electron chi connectivity index (χ3n) is 6.50. The fraction of sp³-hybridized carbons (Fsp3) is 0.286. The summed E-state index contributed by atoms with van der Waals surface area (Å²) >= 11 is 0. The normalized spacial score (nSPS) is 14.2. The third kappa shape index (κ3) is 4.43. The molecule has 0 radical (unpaired) electrons. The SMILES string of the molecule is COc1ccc(Cn2c(C)cc3c(c2=O)C(c2cc(OC)c(OC)c(OC)c2)C(C#N)=C(N)O3)cc1OC. The van der Waals surface area contributed by atoms with Crippen molar-refractivity contribution in [3.05, 3.63) is 80.6 Å². The van der Waals surface area contributed by atoms with Crippen molar-refractivity contribution in [1.82, 2.24) is 4.57 Å². The molecule has 0 saturated heterocycles. The summed E-state index contributed by atoms with van der Waals surface area (Å²) in [5, 5.41) is 10.0. The van der Waals surface area contributed by atoms with Crippen molar-refractivity contribution in [3.63, 3.8) is 0 Å². The summed E-state index contributed by atoms with van der Waals surface area (Å²) in [6.45, 7) is 2.06.